The summed E-state index contributed by atoms with van der Waals surface area (Å²) in [5.74, 6) is -0.219. The number of nitrogens with two attached hydrogens (primary N) is 1. The van der Waals surface area contributed by atoms with E-state index >= 15 is 0 Å². The molecule has 0 spiro atoms. The second kappa shape index (κ2) is 9.94. The van der Waals surface area contributed by atoms with Crippen LogP contribution in [0.25, 0.3) is 0 Å². The Balaban J connectivity index is 0.000000433. The number of amides is 1. The van der Waals surface area contributed by atoms with Crippen LogP contribution in [0.4, 0.5) is 0 Å². The summed E-state index contributed by atoms with van der Waals surface area (Å²) in [6.07, 6.45) is 0.285. The lowest BCUT2D eigenvalue weighted by Crippen LogP contribution is -2.38. The molecule has 21 heavy (non-hydrogen) atoms. The summed E-state index contributed by atoms with van der Waals surface area (Å²) in [5.41, 5.74) is 6.11. The zero-order valence-electron chi connectivity index (χ0n) is 13.3. The Morgan fingerprint density at radius 3 is 2.14 bits per heavy atom. The highest BCUT2D eigenvalue weighted by Crippen LogP contribution is 2.01. The molecule has 1 aromatic carbocycles. The summed E-state index contributed by atoms with van der Waals surface area (Å²) in [5, 5.41) is 2.74. The lowest BCUT2D eigenvalue weighted by atomic mass is 10.1. The highest BCUT2D eigenvalue weighted by Gasteiger charge is 2.08. The van der Waals surface area contributed by atoms with Crippen molar-refractivity contribution in [2.24, 2.45) is 5.73 Å². The van der Waals surface area contributed by atoms with Gasteiger partial charge < -0.3 is 15.8 Å². The fourth-order valence-electron chi connectivity index (χ4n) is 1.46. The van der Waals surface area contributed by atoms with E-state index in [0.717, 1.165) is 5.56 Å². The Hall–Kier alpha value is -1.88. The van der Waals surface area contributed by atoms with Gasteiger partial charge in [-0.15, -0.1) is 0 Å². The predicted octanol–water partition coefficient (Wildman–Crippen LogP) is 2.00. The van der Waals surface area contributed by atoms with Gasteiger partial charge in [0.05, 0.1) is 6.42 Å². The zero-order valence-corrected chi connectivity index (χ0v) is 13.3. The summed E-state index contributed by atoms with van der Waals surface area (Å²) in [4.78, 5) is 21.3. The smallest absolute Gasteiger partial charge is 0.307 e. The molecule has 3 N–H and O–H groups in total. The van der Waals surface area contributed by atoms with Crippen LogP contribution in [0.15, 0.2) is 30.3 Å². The summed E-state index contributed by atoms with van der Waals surface area (Å²) in [7, 11) is 0. The van der Waals surface area contributed by atoms with Crippen LogP contribution >= 0.6 is 0 Å². The van der Waals surface area contributed by atoms with Gasteiger partial charge in [0.15, 0.2) is 0 Å². The first-order chi connectivity index (χ1) is 9.74. The third kappa shape index (κ3) is 12.9. The van der Waals surface area contributed by atoms with Crippen LogP contribution in [0.5, 0.6) is 0 Å². The molecule has 118 valence electrons. The Morgan fingerprint density at radius 1 is 1.19 bits per heavy atom. The van der Waals surface area contributed by atoms with Crippen molar-refractivity contribution >= 4 is 11.9 Å². The summed E-state index contributed by atoms with van der Waals surface area (Å²) < 4.78 is 4.95. The van der Waals surface area contributed by atoms with Crippen LogP contribution in [0.1, 0.15) is 39.7 Å². The van der Waals surface area contributed by atoms with E-state index in [4.69, 9.17) is 10.5 Å². The normalized spacial score (nSPS) is 10.1. The average molecular weight is 294 g/mol. The van der Waals surface area contributed by atoms with E-state index in [1.54, 1.807) is 0 Å². The molecule has 0 fully saturated rings. The molecule has 0 aromatic heterocycles. The van der Waals surface area contributed by atoms with Gasteiger partial charge in [0.2, 0.25) is 5.91 Å². The van der Waals surface area contributed by atoms with Crippen molar-refractivity contribution in [3.63, 3.8) is 0 Å². The van der Waals surface area contributed by atoms with Gasteiger partial charge in [-0.2, -0.15) is 0 Å². The molecule has 0 aliphatic carbocycles. The number of carbonyl (C=O) groups is 2. The van der Waals surface area contributed by atoms with Gasteiger partial charge in [-0.05, 0) is 26.3 Å². The molecule has 0 aliphatic heterocycles. The standard InChI is InChI=1S/C10H13NO2.C6H13NO/c11-7-6-10(12)13-8-9-4-2-1-3-5-9;1-5(8)7-6(2,3)4/h1-5H,6-8,11H2;1-4H3,(H,7,8). The molecule has 0 atom stereocenters. The van der Waals surface area contributed by atoms with Crippen LogP contribution in [-0.2, 0) is 20.9 Å². The van der Waals surface area contributed by atoms with E-state index < -0.39 is 0 Å². The third-order valence-electron chi connectivity index (χ3n) is 2.14. The Kier molecular flexibility index (Phi) is 9.05. The number of benzene rings is 1. The first kappa shape index (κ1) is 19.1. The maximum Gasteiger partial charge on any atom is 0.307 e. The third-order valence-corrected chi connectivity index (χ3v) is 2.14. The van der Waals surface area contributed by atoms with Gasteiger partial charge in [0.1, 0.15) is 6.61 Å². The fraction of sp³-hybridized carbons (Fsp3) is 0.500. The molecule has 0 unspecified atom stereocenters. The van der Waals surface area contributed by atoms with Crippen LogP contribution in [0, 0.1) is 0 Å². The van der Waals surface area contributed by atoms with Crippen molar-refractivity contribution in [1.29, 1.82) is 0 Å². The van der Waals surface area contributed by atoms with E-state index in [1.165, 1.54) is 6.92 Å². The molecule has 1 aromatic rings. The predicted molar refractivity (Wildman–Crippen MR) is 83.5 cm³/mol. The highest BCUT2D eigenvalue weighted by atomic mass is 16.5. The molecule has 1 amide bonds. The van der Waals surface area contributed by atoms with Gasteiger partial charge in [-0.25, -0.2) is 0 Å². The Morgan fingerprint density at radius 2 is 1.76 bits per heavy atom. The van der Waals surface area contributed by atoms with E-state index in [2.05, 4.69) is 5.32 Å². The Bertz CT molecular complexity index is 425. The minimum Gasteiger partial charge on any atom is -0.461 e. The van der Waals surface area contributed by atoms with Crippen molar-refractivity contribution in [2.45, 2.75) is 46.3 Å². The lowest BCUT2D eigenvalue weighted by molar-refractivity contribution is -0.144. The Labute approximate surface area is 126 Å². The van der Waals surface area contributed by atoms with Crippen LogP contribution in [0.2, 0.25) is 0 Å². The number of hydrogen-bond donors (Lipinski definition) is 2. The second-order valence-corrected chi connectivity index (χ2v) is 5.62. The number of esters is 1. The molecule has 1 rings (SSSR count). The minimum absolute atomic E-state index is 0.0255. The molecular formula is C16H26N2O3. The number of ether oxygens (including phenoxy) is 1. The van der Waals surface area contributed by atoms with Gasteiger partial charge in [-0.1, -0.05) is 30.3 Å². The second-order valence-electron chi connectivity index (χ2n) is 5.62. The van der Waals surface area contributed by atoms with Gasteiger partial charge in [0.25, 0.3) is 0 Å². The molecule has 0 aliphatic rings. The lowest BCUT2D eigenvalue weighted by Gasteiger charge is -2.18. The summed E-state index contributed by atoms with van der Waals surface area (Å²) in [6.45, 7) is 8.05. The zero-order chi connectivity index (χ0) is 16.3. The van der Waals surface area contributed by atoms with Crippen LogP contribution < -0.4 is 11.1 Å². The van der Waals surface area contributed by atoms with Gasteiger partial charge in [0, 0.05) is 19.0 Å². The maximum atomic E-state index is 10.9. The largest absolute Gasteiger partial charge is 0.461 e. The number of carbonyl (C=O) groups excluding carboxylic acids is 2. The van der Waals surface area contributed by atoms with Crippen molar-refractivity contribution in [1.82, 2.24) is 5.32 Å². The first-order valence-corrected chi connectivity index (χ1v) is 6.93. The molecule has 0 bridgehead atoms. The van der Waals surface area contributed by atoms with Crippen molar-refractivity contribution < 1.29 is 14.3 Å². The van der Waals surface area contributed by atoms with E-state index in [0.29, 0.717) is 13.2 Å². The number of hydrogen-bond acceptors (Lipinski definition) is 4. The van der Waals surface area contributed by atoms with Gasteiger partial charge in [-0.3, -0.25) is 9.59 Å². The van der Waals surface area contributed by atoms with Crippen molar-refractivity contribution in [3.8, 4) is 0 Å². The van der Waals surface area contributed by atoms with Crippen molar-refractivity contribution in [3.05, 3.63) is 35.9 Å². The average Bonchev–Trinajstić information content (AvgIpc) is 2.36. The van der Waals surface area contributed by atoms with E-state index in [1.807, 2.05) is 51.1 Å². The minimum atomic E-state index is -0.244. The molecule has 0 radical (unpaired) electrons. The van der Waals surface area contributed by atoms with Crippen LogP contribution in [-0.4, -0.2) is 24.0 Å². The molecular weight excluding hydrogens is 268 g/mol. The summed E-state index contributed by atoms with van der Waals surface area (Å²) in [6, 6.07) is 9.56. The number of rotatable bonds is 4. The van der Waals surface area contributed by atoms with E-state index in [9.17, 15) is 9.59 Å². The first-order valence-electron chi connectivity index (χ1n) is 6.93. The topological polar surface area (TPSA) is 81.4 Å². The molecule has 0 saturated carbocycles. The molecule has 0 heterocycles. The number of nitrogens with one attached hydrogen (secondary N) is 1. The van der Waals surface area contributed by atoms with Crippen LogP contribution in [0.3, 0.4) is 0 Å². The molecule has 0 saturated heterocycles. The monoisotopic (exact) mass is 294 g/mol. The van der Waals surface area contributed by atoms with Crippen molar-refractivity contribution in [2.75, 3.05) is 6.54 Å². The quantitative estimate of drug-likeness (QED) is 0.832. The fourth-order valence-corrected chi connectivity index (χ4v) is 1.46. The highest BCUT2D eigenvalue weighted by molar-refractivity contribution is 5.73. The maximum absolute atomic E-state index is 10.9. The SMILES string of the molecule is CC(=O)NC(C)(C)C.NCCC(=O)OCc1ccccc1. The molecule has 5 heteroatoms. The summed E-state index contributed by atoms with van der Waals surface area (Å²) >= 11 is 0. The van der Waals surface area contributed by atoms with E-state index in [-0.39, 0.29) is 23.8 Å². The molecule has 5 nitrogen and oxygen atoms in total. The van der Waals surface area contributed by atoms with Gasteiger partial charge >= 0.3 is 5.97 Å².